The Kier molecular flexibility index (Phi) is 2.40. The summed E-state index contributed by atoms with van der Waals surface area (Å²) in [6.45, 7) is 2.33. The van der Waals surface area contributed by atoms with Crippen LogP contribution in [0.5, 0.6) is 0 Å². The average molecular weight is 132 g/mol. The maximum absolute atomic E-state index is 7.61. The van der Waals surface area contributed by atoms with Crippen molar-refractivity contribution in [1.29, 1.82) is 0 Å². The van der Waals surface area contributed by atoms with Gasteiger partial charge in [0.15, 0.2) is 0 Å². The molecular formula is C6H13NO2. The van der Waals surface area contributed by atoms with E-state index in [-0.39, 0.29) is 0 Å². The second-order valence-corrected chi connectivity index (χ2v) is 2.00. The van der Waals surface area contributed by atoms with Crippen molar-refractivity contribution in [2.75, 3.05) is 33.4 Å². The molecule has 3 nitrogen and oxygen atoms in total. The fourth-order valence-electron chi connectivity index (χ4n) is 0.800. The van der Waals surface area contributed by atoms with Crippen LogP contribution in [0.15, 0.2) is 0 Å². The summed E-state index contributed by atoms with van der Waals surface area (Å²) in [5, 5.41) is 3.07. The maximum Gasteiger partial charge on any atom is 0.0932 e. The summed E-state index contributed by atoms with van der Waals surface area (Å²) in [4.78, 5) is 0. The fraction of sp³-hybridized carbons (Fsp3) is 1.00. The minimum atomic E-state index is -0.854. The molecule has 0 saturated carbocycles. The lowest BCUT2D eigenvalue weighted by Gasteiger charge is -2.22. The van der Waals surface area contributed by atoms with E-state index in [0.29, 0.717) is 19.8 Å². The minimum absolute atomic E-state index is 0.333. The summed E-state index contributed by atoms with van der Waals surface area (Å²) >= 11 is 0. The zero-order valence-corrected chi connectivity index (χ0v) is 5.64. The molecule has 1 aliphatic rings. The van der Waals surface area contributed by atoms with Crippen LogP contribution < -0.4 is 5.32 Å². The highest BCUT2D eigenvalue weighted by Crippen LogP contribution is 1.94. The topological polar surface area (TPSA) is 30.5 Å². The Hall–Kier alpha value is -0.120. The first kappa shape index (κ1) is 5.65. The van der Waals surface area contributed by atoms with Gasteiger partial charge in [-0.05, 0) is 0 Å². The van der Waals surface area contributed by atoms with Crippen molar-refractivity contribution < 1.29 is 10.8 Å². The first-order valence-electron chi connectivity index (χ1n) is 3.60. The van der Waals surface area contributed by atoms with E-state index in [1.54, 1.807) is 7.11 Å². The number of ether oxygens (including phenoxy) is 2. The number of methoxy groups -OCH3 is 1. The fourth-order valence-corrected chi connectivity index (χ4v) is 0.800. The van der Waals surface area contributed by atoms with E-state index in [1.165, 1.54) is 0 Å². The number of morpholine rings is 1. The van der Waals surface area contributed by atoms with Gasteiger partial charge < -0.3 is 14.8 Å². The lowest BCUT2D eigenvalue weighted by molar-refractivity contribution is -0.0188. The maximum atomic E-state index is 7.61. The quantitative estimate of drug-likeness (QED) is 0.555. The lowest BCUT2D eigenvalue weighted by Crippen LogP contribution is -2.40. The van der Waals surface area contributed by atoms with Gasteiger partial charge in [0.05, 0.1) is 20.7 Å². The molecule has 1 rings (SSSR count). The zero-order valence-electron chi connectivity index (χ0n) is 6.64. The predicted octanol–water partition coefficient (Wildman–Crippen LogP) is -0.379. The van der Waals surface area contributed by atoms with Crippen molar-refractivity contribution in [3.8, 4) is 0 Å². The normalized spacial score (nSPS) is 38.1. The van der Waals surface area contributed by atoms with Crippen LogP contribution in [0.2, 0.25) is 0 Å². The summed E-state index contributed by atoms with van der Waals surface area (Å²) in [5.74, 6) is 0. The van der Waals surface area contributed by atoms with Gasteiger partial charge in [0.1, 0.15) is 0 Å². The molecule has 3 heteroatoms. The first-order valence-corrected chi connectivity index (χ1v) is 3.10. The smallest absolute Gasteiger partial charge is 0.0932 e. The van der Waals surface area contributed by atoms with E-state index >= 15 is 0 Å². The molecule has 0 aromatic carbocycles. The van der Waals surface area contributed by atoms with E-state index in [9.17, 15) is 0 Å². The Morgan fingerprint density at radius 1 is 2.00 bits per heavy atom. The molecule has 0 amide bonds. The van der Waals surface area contributed by atoms with Gasteiger partial charge >= 0.3 is 0 Å². The van der Waals surface area contributed by atoms with Crippen molar-refractivity contribution in [3.05, 3.63) is 0 Å². The Bertz CT molecular complexity index is 98.4. The summed E-state index contributed by atoms with van der Waals surface area (Å²) in [7, 11) is 1.58. The van der Waals surface area contributed by atoms with Crippen LogP contribution in [-0.2, 0) is 9.47 Å². The third kappa shape index (κ3) is 2.30. The highest BCUT2D eigenvalue weighted by atomic mass is 16.5. The zero-order chi connectivity index (χ0) is 7.45. The second kappa shape index (κ2) is 3.82. The summed E-state index contributed by atoms with van der Waals surface area (Å²) < 4.78 is 17.6. The molecule has 0 aromatic rings. The third-order valence-corrected chi connectivity index (χ3v) is 1.21. The number of nitrogens with one attached hydrogen (secondary N) is 1. The first-order chi connectivity index (χ1) is 4.77. The van der Waals surface area contributed by atoms with Gasteiger partial charge in [0.2, 0.25) is 0 Å². The highest BCUT2D eigenvalue weighted by molar-refractivity contribution is 4.65. The average Bonchev–Trinajstić information content (AvgIpc) is 1.89. The Balaban J connectivity index is 2.32. The SMILES string of the molecule is [2H][C@]1(COC)CNCCO1. The van der Waals surface area contributed by atoms with Gasteiger partial charge in [-0.3, -0.25) is 0 Å². The molecule has 9 heavy (non-hydrogen) atoms. The molecular weight excluding hydrogens is 118 g/mol. The van der Waals surface area contributed by atoms with Crippen LogP contribution in [0.1, 0.15) is 1.37 Å². The summed E-state index contributed by atoms with van der Waals surface area (Å²) in [6.07, 6.45) is -0.854. The molecule has 0 spiro atoms. The van der Waals surface area contributed by atoms with E-state index in [2.05, 4.69) is 5.32 Å². The van der Waals surface area contributed by atoms with Gasteiger partial charge in [-0.25, -0.2) is 0 Å². The second-order valence-electron chi connectivity index (χ2n) is 2.00. The van der Waals surface area contributed by atoms with Crippen LogP contribution in [0.4, 0.5) is 0 Å². The number of hydrogen-bond donors (Lipinski definition) is 1. The van der Waals surface area contributed by atoms with E-state index < -0.39 is 6.08 Å². The van der Waals surface area contributed by atoms with Gasteiger partial charge in [-0.1, -0.05) is 0 Å². The Labute approximate surface area is 56.7 Å². The molecule has 0 unspecified atom stereocenters. The van der Waals surface area contributed by atoms with Crippen LogP contribution in [0, 0.1) is 0 Å². The molecule has 0 aliphatic carbocycles. The predicted molar refractivity (Wildman–Crippen MR) is 34.5 cm³/mol. The van der Waals surface area contributed by atoms with E-state index in [1.807, 2.05) is 0 Å². The number of rotatable bonds is 2. The van der Waals surface area contributed by atoms with Crippen molar-refractivity contribution in [2.24, 2.45) is 0 Å². The van der Waals surface area contributed by atoms with Crippen molar-refractivity contribution >= 4 is 0 Å². The molecule has 1 fully saturated rings. The van der Waals surface area contributed by atoms with Crippen molar-refractivity contribution in [2.45, 2.75) is 6.08 Å². The lowest BCUT2D eigenvalue weighted by atomic mass is 10.3. The molecule has 0 radical (unpaired) electrons. The Morgan fingerprint density at radius 2 is 2.89 bits per heavy atom. The Morgan fingerprint density at radius 3 is 3.44 bits per heavy atom. The molecule has 1 heterocycles. The van der Waals surface area contributed by atoms with Crippen molar-refractivity contribution in [1.82, 2.24) is 5.32 Å². The molecule has 1 saturated heterocycles. The summed E-state index contributed by atoms with van der Waals surface area (Å²) in [5.41, 5.74) is 0. The van der Waals surface area contributed by atoms with Crippen molar-refractivity contribution in [3.63, 3.8) is 0 Å². The van der Waals surface area contributed by atoms with E-state index in [4.69, 9.17) is 10.8 Å². The number of hydrogen-bond acceptors (Lipinski definition) is 3. The van der Waals surface area contributed by atoms with Gasteiger partial charge in [0.25, 0.3) is 0 Å². The van der Waals surface area contributed by atoms with Gasteiger partial charge in [-0.2, -0.15) is 0 Å². The molecule has 54 valence electrons. The minimum Gasteiger partial charge on any atom is -0.382 e. The molecule has 0 aromatic heterocycles. The molecule has 1 N–H and O–H groups in total. The van der Waals surface area contributed by atoms with E-state index in [0.717, 1.165) is 6.54 Å². The highest BCUT2D eigenvalue weighted by Gasteiger charge is 2.11. The molecule has 0 bridgehead atoms. The van der Waals surface area contributed by atoms with Gasteiger partial charge in [-0.15, -0.1) is 0 Å². The van der Waals surface area contributed by atoms with Crippen LogP contribution in [0.25, 0.3) is 0 Å². The molecule has 1 aliphatic heterocycles. The third-order valence-electron chi connectivity index (χ3n) is 1.21. The van der Waals surface area contributed by atoms with Crippen LogP contribution >= 0.6 is 0 Å². The van der Waals surface area contributed by atoms with Gasteiger partial charge in [0, 0.05) is 20.2 Å². The van der Waals surface area contributed by atoms with Crippen LogP contribution in [-0.4, -0.2) is 39.5 Å². The van der Waals surface area contributed by atoms with Crippen LogP contribution in [0.3, 0.4) is 0 Å². The monoisotopic (exact) mass is 132 g/mol. The molecule has 1 atom stereocenters. The summed E-state index contributed by atoms with van der Waals surface area (Å²) in [6, 6.07) is 0. The largest absolute Gasteiger partial charge is 0.382 e. The standard InChI is InChI=1S/C6H13NO2/c1-8-5-6-4-7-2-3-9-6/h6-7H,2-5H2,1H3/t6-/m1/s1/i6D.